The van der Waals surface area contributed by atoms with Gasteiger partial charge in [0.25, 0.3) is 0 Å². The average Bonchev–Trinajstić information content (AvgIpc) is 1.60. The van der Waals surface area contributed by atoms with E-state index in [1.807, 2.05) is 67.9 Å². The zero-order valence-electron chi connectivity index (χ0n) is 84.7. The van der Waals surface area contributed by atoms with Crippen LogP contribution in [0.15, 0.2) is 123 Å². The largest absolute Gasteiger partial charge is 0.461 e. The molecule has 9 aromatic heterocycles. The number of carbonyl (C=O) groups is 2. The number of β-amino-alcohol motifs (C(OH)–C–C–N with tert-alkyl or cyclic N) is 1. The Bertz CT molecular complexity index is 6790. The van der Waals surface area contributed by atoms with Crippen molar-refractivity contribution in [3.05, 3.63) is 180 Å². The quantitative estimate of drug-likeness (QED) is 0.0798. The van der Waals surface area contributed by atoms with Crippen LogP contribution in [0.2, 0.25) is 0 Å². The Morgan fingerprint density at radius 2 is 0.704 bits per heavy atom. The van der Waals surface area contributed by atoms with Crippen molar-refractivity contribution in [3.8, 4) is 45.0 Å². The summed E-state index contributed by atoms with van der Waals surface area (Å²) in [6, 6.07) is 28.2. The number of hydrogen-bond acceptors (Lipinski definition) is 26. The maximum atomic E-state index is 12.4. The lowest BCUT2D eigenvalue weighted by Gasteiger charge is -2.42. The lowest BCUT2D eigenvalue weighted by atomic mass is 10.00. The second-order valence-electron chi connectivity index (χ2n) is 42.8. The number of anilines is 4. The first-order chi connectivity index (χ1) is 69.1. The molecule has 0 unspecified atom stereocenters. The number of rotatable bonds is 19. The topological polar surface area (TPSA) is 210 Å². The van der Waals surface area contributed by atoms with Gasteiger partial charge >= 0.3 is 0 Å². The third-order valence-electron chi connectivity index (χ3n) is 30.7. The standard InChI is InChI=1S/C29H35N5O2S.C29H37N5OS.C29H37N5S.C27H31N5OS/c1-19(2)28(35)33-15-13-32(14-16-33)17-21-18-37-27-25(21)30-29(34-11-7-4-8-12-34)31-26(27)24-20(3)36-23-10-6-5-9-22(23)24;1-29(2,35)20-33-16-14-32(15-17-33)18-22-19-36-27-25(22)30-28(34-12-4-3-5-13-34)31-26(27)24-11-7-9-21-8-6-10-23(21)24;1-29(2,3)34-17-15-32(16-18-34)19-22-20-35-27-25(22)30-28(33-13-5-4-6-14-33)31-26(27)24-12-8-10-21-9-7-11-23(21)24;1-19(33)31-15-13-30(14-16-31)17-21-18-34-26-24(21)28-27(32-11-3-2-4-12-32)29-25(26)23-10-6-8-20-7-5-9-22(20)23/h5-6,9-10,18-19H,4,7-8,11-17H2,1-3H3;6-7,9-11,19,35H,3-5,8,12-18,20H2,1-2H3;7-8,10-12,20H,4-6,9,13-19H2,1-3H3;5-6,8-10,18H,2-4,7,11-17H2,1H3. The van der Waals surface area contributed by atoms with Crippen LogP contribution in [-0.2, 0) is 55.0 Å². The minimum absolute atomic E-state index is 0.0538. The van der Waals surface area contributed by atoms with Crippen LogP contribution in [-0.4, -0.2) is 271 Å². The Kier molecular flexibility index (Phi) is 29.7. The highest BCUT2D eigenvalue weighted by molar-refractivity contribution is 7.19. The van der Waals surface area contributed by atoms with Gasteiger partial charge in [0, 0.05) is 253 Å². The molecule has 744 valence electrons. The predicted octanol–water partition coefficient (Wildman–Crippen LogP) is 20.9. The molecule has 8 aliphatic heterocycles. The van der Waals surface area contributed by atoms with E-state index >= 15 is 0 Å². The summed E-state index contributed by atoms with van der Waals surface area (Å²) in [6.45, 7) is 46.3. The van der Waals surface area contributed by atoms with Crippen LogP contribution in [0.3, 0.4) is 0 Å². The van der Waals surface area contributed by atoms with Crippen molar-refractivity contribution < 1.29 is 19.1 Å². The molecule has 1 N–H and O–H groups in total. The molecular weight excluding hydrogens is 1840 g/mol. The lowest BCUT2D eigenvalue weighted by molar-refractivity contribution is -0.136. The van der Waals surface area contributed by atoms with Gasteiger partial charge in [0.05, 0.1) is 74.8 Å². The number of aryl methyl sites for hydroxylation is 1. The molecule has 13 aromatic rings. The Morgan fingerprint density at radius 1 is 0.380 bits per heavy atom. The molecule has 0 atom stereocenters. The molecule has 17 heterocycles. The molecule has 142 heavy (non-hydrogen) atoms. The van der Waals surface area contributed by atoms with E-state index in [0.29, 0.717) is 0 Å². The highest BCUT2D eigenvalue weighted by Crippen LogP contribution is 2.47. The highest BCUT2D eigenvalue weighted by Gasteiger charge is 2.35. The molecule has 28 heteroatoms. The number of carbonyl (C=O) groups excluding carboxylic acids is 2. The molecule has 24 nitrogen and oxygen atoms in total. The molecule has 11 aliphatic rings. The number of hydrogen-bond donors (Lipinski definition) is 1. The minimum atomic E-state index is -0.642. The number of amides is 2. The molecule has 8 fully saturated rings. The third kappa shape index (κ3) is 21.5. The van der Waals surface area contributed by atoms with Crippen molar-refractivity contribution in [1.82, 2.24) is 79.1 Å². The fraction of sp³-hybridized carbons (Fsp3) is 0.491. The molecule has 3 aliphatic carbocycles. The fourth-order valence-electron chi connectivity index (χ4n) is 22.8. The summed E-state index contributed by atoms with van der Waals surface area (Å²) in [7, 11) is 0. The van der Waals surface area contributed by atoms with Gasteiger partial charge in [-0.2, -0.15) is 0 Å². The van der Waals surface area contributed by atoms with Gasteiger partial charge < -0.3 is 38.9 Å². The number of nitrogens with zero attached hydrogens (tertiary/aromatic N) is 20. The first-order valence-electron chi connectivity index (χ1n) is 52.7. The number of fused-ring (bicyclic) bond motifs is 8. The molecular formula is C114H140N20O4S4. The molecule has 0 bridgehead atoms. The van der Waals surface area contributed by atoms with Gasteiger partial charge in [-0.05, 0) is 199 Å². The van der Waals surface area contributed by atoms with Crippen molar-refractivity contribution in [1.29, 1.82) is 0 Å². The number of furan rings is 1. The third-order valence-corrected chi connectivity index (χ3v) is 34.8. The summed E-state index contributed by atoms with van der Waals surface area (Å²) < 4.78 is 10.9. The second-order valence-corrected chi connectivity index (χ2v) is 46.3. The van der Waals surface area contributed by atoms with E-state index in [1.54, 1.807) is 40.9 Å². The molecule has 2 amide bonds. The first-order valence-corrected chi connectivity index (χ1v) is 56.2. The SMILES string of the molecule is CC(=O)N1CCN(Cc2csc3c(-c4cccc5c4C=CC5)nc(N4CCCCC4)nc23)CC1.CC(C)(C)N1CCN(Cc2csc3c(-c4cccc5c4C=CC5)nc(N4CCCCC4)nc23)CC1.CC(C)(O)CN1CCN(Cc2csc3c(-c4cccc5c4C=CC5)nc(N4CCCCC4)nc23)CC1.Cc1oc2ccccc2c1-c1nc(N2CCCCC2)nc2c(CN3CCN(C(=O)C(C)C)CC3)csc12. The molecule has 24 rings (SSSR count). The van der Waals surface area contributed by atoms with E-state index in [9.17, 15) is 14.7 Å². The van der Waals surface area contributed by atoms with Crippen LogP contribution >= 0.6 is 45.3 Å². The van der Waals surface area contributed by atoms with E-state index in [-0.39, 0.29) is 23.3 Å². The van der Waals surface area contributed by atoms with E-state index in [0.717, 1.165) is 299 Å². The van der Waals surface area contributed by atoms with Crippen LogP contribution in [0.25, 0.3) is 115 Å². The van der Waals surface area contributed by atoms with Crippen LogP contribution in [0, 0.1) is 12.8 Å². The van der Waals surface area contributed by atoms with Crippen molar-refractivity contribution >= 4 is 151 Å². The number of para-hydroxylation sites is 1. The Morgan fingerprint density at radius 3 is 1.05 bits per heavy atom. The summed E-state index contributed by atoms with van der Waals surface area (Å²) >= 11 is 7.12. The highest BCUT2D eigenvalue weighted by atomic mass is 32.1. The average molecular weight is 1980 g/mol. The number of piperazine rings is 4. The normalized spacial score (nSPS) is 18.7. The fourth-order valence-corrected chi connectivity index (χ4v) is 26.8. The summed E-state index contributed by atoms with van der Waals surface area (Å²) in [5, 5.41) is 20.5. The number of aromatic nitrogens is 8. The Labute approximate surface area is 853 Å². The van der Waals surface area contributed by atoms with E-state index < -0.39 is 5.60 Å². The van der Waals surface area contributed by atoms with Crippen molar-refractivity contribution in [2.24, 2.45) is 5.92 Å². The summed E-state index contributed by atoms with van der Waals surface area (Å²) in [5.74, 6) is 4.91. The van der Waals surface area contributed by atoms with Gasteiger partial charge in [-0.15, -0.1) is 45.3 Å². The van der Waals surface area contributed by atoms with Gasteiger partial charge in [0.15, 0.2) is 0 Å². The lowest BCUT2D eigenvalue weighted by Crippen LogP contribution is -2.53. The summed E-state index contributed by atoms with van der Waals surface area (Å²) in [5.41, 5.74) is 27.4. The Balaban J connectivity index is 0.000000112. The van der Waals surface area contributed by atoms with Gasteiger partial charge in [-0.1, -0.05) is 123 Å². The Hall–Kier alpha value is -10.3. The summed E-state index contributed by atoms with van der Waals surface area (Å²) in [4.78, 5) is 94.3. The number of piperidine rings is 4. The van der Waals surface area contributed by atoms with E-state index in [2.05, 4.69) is 194 Å². The van der Waals surface area contributed by atoms with Crippen LogP contribution in [0.5, 0.6) is 0 Å². The minimum Gasteiger partial charge on any atom is -0.461 e. The molecule has 0 spiro atoms. The van der Waals surface area contributed by atoms with Crippen LogP contribution < -0.4 is 19.6 Å². The molecule has 0 radical (unpaired) electrons. The zero-order chi connectivity index (χ0) is 97.3. The first kappa shape index (κ1) is 97.7. The molecule has 0 saturated carbocycles. The van der Waals surface area contributed by atoms with Crippen molar-refractivity contribution in [2.45, 2.75) is 196 Å². The van der Waals surface area contributed by atoms with Crippen molar-refractivity contribution in [3.63, 3.8) is 0 Å². The van der Waals surface area contributed by atoms with Crippen LogP contribution in [0.1, 0.15) is 194 Å². The zero-order valence-corrected chi connectivity index (χ0v) is 88.0. The van der Waals surface area contributed by atoms with E-state index in [4.69, 9.17) is 44.3 Å². The maximum Gasteiger partial charge on any atom is 0.226 e. The van der Waals surface area contributed by atoms with Crippen LogP contribution in [0.4, 0.5) is 23.8 Å². The predicted molar refractivity (Wildman–Crippen MR) is 587 cm³/mol. The molecule has 4 aromatic carbocycles. The van der Waals surface area contributed by atoms with Crippen molar-refractivity contribution in [2.75, 3.05) is 183 Å². The van der Waals surface area contributed by atoms with Gasteiger partial charge in [0.1, 0.15) is 11.3 Å². The van der Waals surface area contributed by atoms with E-state index in [1.165, 1.54) is 169 Å². The number of thiophene rings is 4. The van der Waals surface area contributed by atoms with Gasteiger partial charge in [-0.3, -0.25) is 39.0 Å². The van der Waals surface area contributed by atoms with Gasteiger partial charge in [-0.25, -0.2) is 39.9 Å². The monoisotopic (exact) mass is 1980 g/mol. The number of benzene rings is 4. The number of allylic oxidation sites excluding steroid dienone is 3. The second kappa shape index (κ2) is 43.1. The molecule has 8 saturated heterocycles. The number of aliphatic hydroxyl groups is 1. The maximum absolute atomic E-state index is 12.4. The summed E-state index contributed by atoms with van der Waals surface area (Å²) in [6.07, 6.45) is 31.4. The van der Waals surface area contributed by atoms with Gasteiger partial charge in [0.2, 0.25) is 35.6 Å². The smallest absolute Gasteiger partial charge is 0.226 e.